The topological polar surface area (TPSA) is 208 Å². The summed E-state index contributed by atoms with van der Waals surface area (Å²) in [5.74, 6) is -13.4. The molecule has 6 aromatic carbocycles. The third kappa shape index (κ3) is 19.0. The van der Waals surface area contributed by atoms with Crippen LogP contribution in [0.1, 0.15) is 103 Å². The Hall–Kier alpha value is -6.50. The summed E-state index contributed by atoms with van der Waals surface area (Å²) in [6, 6.07) is 21.3. The molecule has 0 fully saturated rings. The van der Waals surface area contributed by atoms with Crippen LogP contribution in [0.5, 0.6) is 17.2 Å². The van der Waals surface area contributed by atoms with Gasteiger partial charge in [0.2, 0.25) is 5.91 Å². The average molecular weight is 1690 g/mol. The third-order valence-corrected chi connectivity index (χ3v) is 15.2. The van der Waals surface area contributed by atoms with Crippen molar-refractivity contribution in [3.05, 3.63) is 191 Å². The Morgan fingerprint density at radius 1 is 0.534 bits per heavy atom. The van der Waals surface area contributed by atoms with Crippen molar-refractivity contribution in [3.63, 3.8) is 0 Å². The van der Waals surface area contributed by atoms with Gasteiger partial charge in [-0.1, -0.05) is 49.0 Å². The van der Waals surface area contributed by atoms with E-state index in [9.17, 15) is 58.7 Å². The molecule has 9 aromatic rings. The molecule has 0 saturated carbocycles. The SMILES string of the molecule is C.C.CCOC(=O)c1sc2cccc(F)c2c1CBr.CCOC(=O)c1sc2cccc(F)c2c1COc1c(F)cc(C#N)cc1F.CCOC(=O)c1sc2cccc(F)c2c1COc1c(F)cc(C(N)=O)cc1F.I[I-]I.N#Cc1cc(F)c(O)c(F)c1. The zero-order chi connectivity index (χ0) is 63.5. The van der Waals surface area contributed by atoms with Gasteiger partial charge >= 0.3 is 68.4 Å². The predicted octanol–water partition coefficient (Wildman–Crippen LogP) is 14.8. The summed E-state index contributed by atoms with van der Waals surface area (Å²) in [4.78, 5) is 47.9. The van der Waals surface area contributed by atoms with E-state index in [2.05, 4.69) is 53.2 Å². The van der Waals surface area contributed by atoms with E-state index in [1.807, 2.05) is 0 Å². The molecule has 3 aromatic heterocycles. The van der Waals surface area contributed by atoms with Crippen LogP contribution in [0.4, 0.5) is 39.5 Å². The van der Waals surface area contributed by atoms with Crippen LogP contribution in [-0.4, -0.2) is 48.7 Å². The molecule has 0 bridgehead atoms. The Bertz CT molecular complexity index is 4000. The molecule has 29 heteroatoms. The van der Waals surface area contributed by atoms with Gasteiger partial charge in [0.1, 0.15) is 45.3 Å². The predicted molar refractivity (Wildman–Crippen MR) is 335 cm³/mol. The number of phenolic OH excluding ortho intramolecular Hbond substituents is 1. The first-order chi connectivity index (χ1) is 41.0. The molecule has 0 saturated heterocycles. The minimum atomic E-state index is -1.15. The monoisotopic (exact) mass is 1680 g/mol. The summed E-state index contributed by atoms with van der Waals surface area (Å²) in [6.45, 7) is 4.60. The van der Waals surface area contributed by atoms with E-state index in [1.165, 1.54) is 41.7 Å². The number of hydrogen-bond donors (Lipinski definition) is 2. The number of thiophene rings is 3. The van der Waals surface area contributed by atoms with Crippen molar-refractivity contribution >= 4 is 141 Å². The van der Waals surface area contributed by atoms with E-state index < -0.39 is 94.8 Å². The molecule has 3 heterocycles. The van der Waals surface area contributed by atoms with Gasteiger partial charge in [0.05, 0.1) is 43.1 Å². The van der Waals surface area contributed by atoms with Gasteiger partial charge in [-0.25, -0.2) is 53.9 Å². The standard InChI is InChI=1S/C19H14F3NO4S.C19H12F3NO3S.C12H10BrFO2S.C7H3F2NO.2CH4.I3/c1-2-26-19(25)17-10(15-11(20)4-3-5-14(15)28-17)8-27-16-12(21)6-9(18(23)24)7-13(16)22;1-2-25-19(24)18-11(16-12(20)4-3-5-15(16)27-18)9-26-17-13(21)6-10(8-23)7-14(17)22;1-2-16-12(15)11-7(6-13)10-8(14)4-3-5-9(10)17-11;8-5-1-4(3-10)2-6(9)7(5)11;;;1-3-2/h3-7H,2,8H2,1H3,(H2,23,24);3-7H,2,9H2,1H3;3-5H,2,6H2,1H3;1-2,11H;2*1H4;/q;;;;;;-1. The largest absolute Gasteiger partial charge is 0.503 e. The maximum Gasteiger partial charge on any atom is 0.187 e. The number of carbonyl (C=O) groups is 4. The molecule has 468 valence electrons. The molecule has 88 heavy (non-hydrogen) atoms. The Balaban J connectivity index is 0.000000314. The first kappa shape index (κ1) is 75.7. The molecule has 1 amide bonds. The molecule has 0 aliphatic rings. The van der Waals surface area contributed by atoms with E-state index in [1.54, 1.807) is 57.2 Å². The molecule has 0 aliphatic heterocycles. The zero-order valence-electron chi connectivity index (χ0n) is 44.1. The van der Waals surface area contributed by atoms with Crippen molar-refractivity contribution < 1.29 is 101 Å². The van der Waals surface area contributed by atoms with Crippen LogP contribution in [0.25, 0.3) is 30.3 Å². The second-order valence-corrected chi connectivity index (χ2v) is 36.4. The molecule has 0 aliphatic carbocycles. The maximum absolute atomic E-state index is 14.3. The van der Waals surface area contributed by atoms with Crippen LogP contribution in [0, 0.1) is 75.0 Å². The number of aromatic hydroxyl groups is 1. The minimum absolute atomic E-state index is 0. The smallest absolute Gasteiger partial charge is 0.187 e. The quantitative estimate of drug-likeness (QED) is 0.0343. The molecule has 0 radical (unpaired) electrons. The molecule has 0 spiro atoms. The number of amides is 1. The van der Waals surface area contributed by atoms with Gasteiger partial charge in [-0.05, 0) is 99.1 Å². The van der Waals surface area contributed by atoms with Crippen molar-refractivity contribution in [1.29, 1.82) is 10.5 Å². The van der Waals surface area contributed by atoms with Crippen molar-refractivity contribution in [3.8, 4) is 29.4 Å². The molecule has 0 atom stereocenters. The first-order valence-corrected chi connectivity index (χ1v) is 40.2. The number of nitrogens with two attached hydrogens (primary N) is 1. The fraction of sp³-hybridized carbons (Fsp3) is 0.186. The summed E-state index contributed by atoms with van der Waals surface area (Å²) in [6.07, 6.45) is 0. The Kier molecular flexibility index (Phi) is 31.2. The fourth-order valence-electron chi connectivity index (χ4n) is 7.51. The molecular weight excluding hydrogens is 1640 g/mol. The first-order valence-electron chi connectivity index (χ1n) is 24.1. The summed E-state index contributed by atoms with van der Waals surface area (Å²) >= 11 is 11.9. The Morgan fingerprint density at radius 2 is 0.830 bits per heavy atom. The summed E-state index contributed by atoms with van der Waals surface area (Å²) in [5, 5.41) is 26.7. The number of carbonyl (C=O) groups excluding carboxylic acids is 4. The van der Waals surface area contributed by atoms with Crippen molar-refractivity contribution in [2.24, 2.45) is 5.73 Å². The molecule has 9 rings (SSSR count). The van der Waals surface area contributed by atoms with E-state index in [0.29, 0.717) is 50.4 Å². The molecule has 3 N–H and O–H groups in total. The number of halogens is 13. The number of phenols is 1. The molecule has 0 unspecified atom stereocenters. The number of ether oxygens (including phenoxy) is 5. The Labute approximate surface area is 547 Å². The van der Waals surface area contributed by atoms with Gasteiger partial charge in [0, 0.05) is 52.3 Å². The Morgan fingerprint density at radius 3 is 1.12 bits per heavy atom. The van der Waals surface area contributed by atoms with Gasteiger partial charge in [-0.2, -0.15) is 10.5 Å². The van der Waals surface area contributed by atoms with Gasteiger partial charge < -0.3 is 34.5 Å². The van der Waals surface area contributed by atoms with E-state index in [-0.39, 0.29) is 88.2 Å². The second kappa shape index (κ2) is 36.2. The normalized spacial score (nSPS) is 10.2. The van der Waals surface area contributed by atoms with Gasteiger partial charge in [0.15, 0.2) is 52.2 Å². The van der Waals surface area contributed by atoms with Gasteiger partial charge in [-0.15, -0.1) is 34.0 Å². The minimum Gasteiger partial charge on any atom is -0.503 e. The summed E-state index contributed by atoms with van der Waals surface area (Å²) in [5.41, 5.74) is 5.23. The molecule has 13 nitrogen and oxygen atoms in total. The number of esters is 3. The van der Waals surface area contributed by atoms with Crippen molar-refractivity contribution in [2.45, 2.75) is 54.2 Å². The number of hydrogen-bond acceptors (Lipinski definition) is 15. The third-order valence-electron chi connectivity index (χ3n) is 11.1. The number of rotatable bonds is 14. The van der Waals surface area contributed by atoms with Crippen LogP contribution < -0.4 is 28.5 Å². The van der Waals surface area contributed by atoms with Crippen LogP contribution in [0.3, 0.4) is 0 Å². The van der Waals surface area contributed by atoms with Crippen LogP contribution in [0.15, 0.2) is 91.0 Å². The average Bonchev–Trinajstić information content (AvgIpc) is 3.43. The van der Waals surface area contributed by atoms with Crippen LogP contribution >= 0.6 is 87.2 Å². The zero-order valence-corrected chi connectivity index (χ0v) is 54.6. The van der Waals surface area contributed by atoms with E-state index in [0.717, 1.165) is 63.8 Å². The maximum atomic E-state index is 14.3. The number of primary amides is 1. The van der Waals surface area contributed by atoms with Gasteiger partial charge in [-0.3, -0.25) is 4.79 Å². The van der Waals surface area contributed by atoms with Crippen molar-refractivity contribution in [1.82, 2.24) is 0 Å². The van der Waals surface area contributed by atoms with Crippen LogP contribution in [0.2, 0.25) is 0 Å². The fourth-order valence-corrected chi connectivity index (χ4v) is 11.6. The van der Waals surface area contributed by atoms with Crippen molar-refractivity contribution in [2.75, 3.05) is 19.8 Å². The van der Waals surface area contributed by atoms with E-state index in [4.69, 9.17) is 45.0 Å². The second-order valence-electron chi connectivity index (χ2n) is 16.4. The van der Waals surface area contributed by atoms with E-state index >= 15 is 0 Å². The van der Waals surface area contributed by atoms with Gasteiger partial charge in [0.25, 0.3) is 0 Å². The molecular formula is C59H47BrF9I3N3O10S3-. The summed E-state index contributed by atoms with van der Waals surface area (Å²) < 4.78 is 151. The number of nitriles is 2. The number of nitrogens with zero attached hydrogens (tertiary/aromatic N) is 2. The number of alkyl halides is 1. The number of benzene rings is 6. The number of fused-ring (bicyclic) bond motifs is 3. The van der Waals surface area contributed by atoms with Crippen LogP contribution in [-0.2, 0) is 32.8 Å². The summed E-state index contributed by atoms with van der Waals surface area (Å²) in [7, 11) is 0.